The van der Waals surface area contributed by atoms with E-state index in [2.05, 4.69) is 9.97 Å². The molecule has 3 aromatic rings. The Morgan fingerprint density at radius 3 is 2.90 bits per heavy atom. The van der Waals surface area contributed by atoms with Crippen molar-refractivity contribution in [1.82, 2.24) is 14.9 Å². The van der Waals surface area contributed by atoms with E-state index < -0.39 is 0 Å². The predicted molar refractivity (Wildman–Crippen MR) is 104 cm³/mol. The number of ether oxygens (including phenoxy) is 1. The molecule has 0 bridgehead atoms. The number of nitrogens with zero attached hydrogens (tertiary/aromatic N) is 3. The zero-order valence-corrected chi connectivity index (χ0v) is 16.0. The number of rotatable bonds is 6. The van der Waals surface area contributed by atoms with Crippen molar-refractivity contribution < 1.29 is 18.3 Å². The van der Waals surface area contributed by atoms with E-state index in [1.807, 2.05) is 0 Å². The van der Waals surface area contributed by atoms with Crippen LogP contribution >= 0.6 is 0 Å². The van der Waals surface area contributed by atoms with Gasteiger partial charge in [0.2, 0.25) is 0 Å². The summed E-state index contributed by atoms with van der Waals surface area (Å²) in [5, 5.41) is 0. The van der Waals surface area contributed by atoms with Crippen LogP contribution in [0.1, 0.15) is 36.0 Å². The summed E-state index contributed by atoms with van der Waals surface area (Å²) in [6.07, 6.45) is 7.32. The molecule has 2 aromatic heterocycles. The third kappa shape index (κ3) is 4.99. The molecule has 0 saturated carbocycles. The van der Waals surface area contributed by atoms with Gasteiger partial charge in [-0.05, 0) is 42.7 Å². The minimum atomic E-state index is -0.258. The maximum atomic E-state index is 13.0. The van der Waals surface area contributed by atoms with Gasteiger partial charge in [-0.2, -0.15) is 0 Å². The molecule has 1 saturated heterocycles. The van der Waals surface area contributed by atoms with Gasteiger partial charge >= 0.3 is 0 Å². The van der Waals surface area contributed by atoms with Gasteiger partial charge < -0.3 is 14.1 Å². The Bertz CT molecular complexity index is 943. The van der Waals surface area contributed by atoms with Gasteiger partial charge in [-0.15, -0.1) is 0 Å². The third-order valence-electron chi connectivity index (χ3n) is 4.98. The predicted octanol–water partition coefficient (Wildman–Crippen LogP) is 3.58. The van der Waals surface area contributed by atoms with Gasteiger partial charge in [-0.1, -0.05) is 12.1 Å². The molecule has 6 nitrogen and oxygen atoms in total. The summed E-state index contributed by atoms with van der Waals surface area (Å²) in [5.74, 6) is 1.70. The third-order valence-corrected chi connectivity index (χ3v) is 4.98. The maximum Gasteiger partial charge on any atom is 0.260 e. The largest absolute Gasteiger partial charge is 0.482 e. The first-order valence-corrected chi connectivity index (χ1v) is 9.67. The second kappa shape index (κ2) is 8.86. The lowest BCUT2D eigenvalue weighted by Gasteiger charge is -2.31. The molecular formula is C22H22FN3O3. The number of carbonyl (C=O) groups excluding carboxylic acids is 1. The van der Waals surface area contributed by atoms with E-state index in [1.165, 1.54) is 12.1 Å². The molecule has 4 rings (SSSR count). The molecule has 1 unspecified atom stereocenters. The van der Waals surface area contributed by atoms with Crippen LogP contribution in [0.2, 0.25) is 0 Å². The first-order valence-electron chi connectivity index (χ1n) is 9.67. The van der Waals surface area contributed by atoms with Gasteiger partial charge in [0.1, 0.15) is 17.3 Å². The second-order valence-corrected chi connectivity index (χ2v) is 7.12. The van der Waals surface area contributed by atoms with Crippen molar-refractivity contribution in [3.63, 3.8) is 0 Å². The lowest BCUT2D eigenvalue weighted by molar-refractivity contribution is -0.134. The van der Waals surface area contributed by atoms with Crippen molar-refractivity contribution in [3.8, 4) is 5.75 Å². The molecule has 1 amide bonds. The van der Waals surface area contributed by atoms with E-state index in [4.69, 9.17) is 9.15 Å². The summed E-state index contributed by atoms with van der Waals surface area (Å²) in [5.41, 5.74) is 0.960. The van der Waals surface area contributed by atoms with Crippen molar-refractivity contribution in [2.24, 2.45) is 0 Å². The Labute approximate surface area is 168 Å². The van der Waals surface area contributed by atoms with Gasteiger partial charge in [0.25, 0.3) is 5.91 Å². The molecule has 0 spiro atoms. The standard InChI is InChI=1S/C22H22FN3O3/c23-18-7-5-16(6-8-18)11-20-13-25-22(29-20)17-3-2-10-26(14-17)21(27)15-28-19-4-1-9-24-12-19/h1,4-9,12-13,17H,2-3,10-11,14-15H2. The summed E-state index contributed by atoms with van der Waals surface area (Å²) < 4.78 is 24.5. The minimum absolute atomic E-state index is 0.0141. The van der Waals surface area contributed by atoms with Gasteiger partial charge in [0, 0.05) is 25.7 Å². The van der Waals surface area contributed by atoms with Crippen LogP contribution in [0, 0.1) is 5.82 Å². The molecular weight excluding hydrogens is 373 g/mol. The van der Waals surface area contributed by atoms with Gasteiger partial charge in [0.15, 0.2) is 12.5 Å². The highest BCUT2D eigenvalue weighted by molar-refractivity contribution is 5.78. The van der Waals surface area contributed by atoms with Crippen molar-refractivity contribution in [1.29, 1.82) is 0 Å². The number of likely N-dealkylation sites (tertiary alicyclic amines) is 1. The van der Waals surface area contributed by atoms with E-state index in [9.17, 15) is 9.18 Å². The molecule has 0 N–H and O–H groups in total. The van der Waals surface area contributed by atoms with Crippen LogP contribution in [0.4, 0.5) is 4.39 Å². The van der Waals surface area contributed by atoms with Crippen LogP contribution in [-0.2, 0) is 11.2 Å². The van der Waals surface area contributed by atoms with E-state index in [0.717, 1.165) is 24.2 Å². The summed E-state index contributed by atoms with van der Waals surface area (Å²) in [7, 11) is 0. The Balaban J connectivity index is 1.34. The summed E-state index contributed by atoms with van der Waals surface area (Å²) >= 11 is 0. The van der Waals surface area contributed by atoms with E-state index in [1.54, 1.807) is 47.8 Å². The normalized spacial score (nSPS) is 16.6. The number of oxazole rings is 1. The number of piperidine rings is 1. The lowest BCUT2D eigenvalue weighted by Crippen LogP contribution is -2.41. The van der Waals surface area contributed by atoms with Crippen molar-refractivity contribution in [3.05, 3.63) is 78.0 Å². The first kappa shape index (κ1) is 19.1. The molecule has 29 heavy (non-hydrogen) atoms. The van der Waals surface area contributed by atoms with E-state index in [0.29, 0.717) is 31.2 Å². The Morgan fingerprint density at radius 1 is 1.24 bits per heavy atom. The number of hydrogen-bond acceptors (Lipinski definition) is 5. The zero-order valence-electron chi connectivity index (χ0n) is 16.0. The van der Waals surface area contributed by atoms with Crippen molar-refractivity contribution >= 4 is 5.91 Å². The van der Waals surface area contributed by atoms with E-state index in [-0.39, 0.29) is 24.2 Å². The van der Waals surface area contributed by atoms with Crippen LogP contribution < -0.4 is 4.74 Å². The molecule has 7 heteroatoms. The smallest absolute Gasteiger partial charge is 0.260 e. The molecule has 0 radical (unpaired) electrons. The topological polar surface area (TPSA) is 68.5 Å². The highest BCUT2D eigenvalue weighted by Crippen LogP contribution is 2.27. The van der Waals surface area contributed by atoms with Gasteiger partial charge in [0.05, 0.1) is 18.3 Å². The lowest BCUT2D eigenvalue weighted by atomic mass is 9.98. The monoisotopic (exact) mass is 395 g/mol. The van der Waals surface area contributed by atoms with Crippen LogP contribution in [0.5, 0.6) is 5.75 Å². The summed E-state index contributed by atoms with van der Waals surface area (Å²) in [6, 6.07) is 9.88. The number of hydrogen-bond donors (Lipinski definition) is 0. The van der Waals surface area contributed by atoms with Crippen molar-refractivity contribution in [2.75, 3.05) is 19.7 Å². The number of benzene rings is 1. The molecule has 150 valence electrons. The molecule has 1 aliphatic heterocycles. The van der Waals surface area contributed by atoms with E-state index >= 15 is 0 Å². The number of amides is 1. The Morgan fingerprint density at radius 2 is 2.10 bits per heavy atom. The number of halogens is 1. The number of aromatic nitrogens is 2. The summed E-state index contributed by atoms with van der Waals surface area (Å²) in [4.78, 5) is 22.7. The minimum Gasteiger partial charge on any atom is -0.482 e. The van der Waals surface area contributed by atoms with Gasteiger partial charge in [-0.25, -0.2) is 9.37 Å². The quantitative estimate of drug-likeness (QED) is 0.638. The number of carbonyl (C=O) groups is 1. The van der Waals surface area contributed by atoms with Crippen LogP contribution in [0.15, 0.2) is 59.4 Å². The molecule has 1 fully saturated rings. The average molecular weight is 395 g/mol. The van der Waals surface area contributed by atoms with Crippen molar-refractivity contribution in [2.45, 2.75) is 25.2 Å². The molecule has 3 heterocycles. The zero-order chi connectivity index (χ0) is 20.1. The molecule has 1 aliphatic rings. The van der Waals surface area contributed by atoms with Crippen LogP contribution in [0.25, 0.3) is 0 Å². The first-order chi connectivity index (χ1) is 14.2. The fraction of sp³-hybridized carbons (Fsp3) is 0.318. The van der Waals surface area contributed by atoms with Crippen LogP contribution in [-0.4, -0.2) is 40.5 Å². The van der Waals surface area contributed by atoms with Crippen LogP contribution in [0.3, 0.4) is 0 Å². The molecule has 1 aromatic carbocycles. The Kier molecular flexibility index (Phi) is 5.84. The SMILES string of the molecule is O=C(COc1cccnc1)N1CCCC(c2ncc(Cc3ccc(F)cc3)o2)C1. The average Bonchev–Trinajstić information content (AvgIpc) is 3.23. The molecule has 0 aliphatic carbocycles. The number of pyridine rings is 1. The fourth-order valence-electron chi connectivity index (χ4n) is 3.47. The highest BCUT2D eigenvalue weighted by atomic mass is 19.1. The summed E-state index contributed by atoms with van der Waals surface area (Å²) in [6.45, 7) is 1.25. The fourth-order valence-corrected chi connectivity index (χ4v) is 3.47. The van der Waals surface area contributed by atoms with Gasteiger partial charge in [-0.3, -0.25) is 9.78 Å². The maximum absolute atomic E-state index is 13.0. The second-order valence-electron chi connectivity index (χ2n) is 7.12. The Hall–Kier alpha value is -3.22. The molecule has 1 atom stereocenters. The highest BCUT2D eigenvalue weighted by Gasteiger charge is 2.28.